The lowest BCUT2D eigenvalue weighted by Crippen LogP contribution is -2.58. The summed E-state index contributed by atoms with van der Waals surface area (Å²) in [6.45, 7) is 6.07. The number of ether oxygens (including phenoxy) is 1. The van der Waals surface area contributed by atoms with Gasteiger partial charge in [-0.25, -0.2) is 18.7 Å². The minimum atomic E-state index is -0.502. The molecule has 2 aliphatic heterocycles. The number of nitrogens with two attached hydrogens (primary N) is 1. The summed E-state index contributed by atoms with van der Waals surface area (Å²) in [5.41, 5.74) is 8.03. The predicted molar refractivity (Wildman–Crippen MR) is 127 cm³/mol. The van der Waals surface area contributed by atoms with Crippen molar-refractivity contribution in [3.63, 3.8) is 0 Å². The molecule has 1 amide bonds. The number of benzene rings is 1. The average molecular weight is 489 g/mol. The molecule has 3 unspecified atom stereocenters. The van der Waals surface area contributed by atoms with Crippen LogP contribution in [0.4, 0.5) is 20.2 Å². The van der Waals surface area contributed by atoms with Crippen molar-refractivity contribution in [1.82, 2.24) is 20.6 Å². The highest BCUT2D eigenvalue weighted by Gasteiger charge is 2.32. The van der Waals surface area contributed by atoms with Crippen LogP contribution in [-0.2, 0) is 4.74 Å². The molecule has 11 heteroatoms. The molecule has 8 nitrogen and oxygen atoms in total. The number of aromatic nitrogens is 2. The van der Waals surface area contributed by atoms with Crippen molar-refractivity contribution in [2.45, 2.75) is 32.0 Å². The quantitative estimate of drug-likeness (QED) is 0.507. The Kier molecular flexibility index (Phi) is 6.09. The van der Waals surface area contributed by atoms with Crippen molar-refractivity contribution in [2.24, 2.45) is 0 Å². The maximum Gasteiger partial charge on any atom is 0.263 e. The summed E-state index contributed by atoms with van der Waals surface area (Å²) in [6.07, 6.45) is 1.51. The SMILES string of the molecule is Cc1cnc2c(N)c(C(=O)NCC(C)c3cc(F)c(N4CC5CNCC(C4)O5)cc3F)sc2n1. The van der Waals surface area contributed by atoms with Crippen molar-refractivity contribution in [1.29, 1.82) is 0 Å². The molecule has 34 heavy (non-hydrogen) atoms. The molecule has 2 fully saturated rings. The van der Waals surface area contributed by atoms with Crippen LogP contribution in [0, 0.1) is 18.6 Å². The highest BCUT2D eigenvalue weighted by atomic mass is 32.1. The minimum absolute atomic E-state index is 0.0422. The fraction of sp³-hybridized carbons (Fsp3) is 0.435. The highest BCUT2D eigenvalue weighted by molar-refractivity contribution is 7.21. The number of anilines is 2. The van der Waals surface area contributed by atoms with Crippen molar-refractivity contribution in [2.75, 3.05) is 43.4 Å². The number of nitrogens with one attached hydrogen (secondary N) is 2. The molecule has 2 bridgehead atoms. The first-order valence-corrected chi connectivity index (χ1v) is 12.0. The van der Waals surface area contributed by atoms with Gasteiger partial charge in [0.05, 0.1) is 29.3 Å². The third kappa shape index (κ3) is 4.30. The van der Waals surface area contributed by atoms with E-state index in [1.54, 1.807) is 13.1 Å². The lowest BCUT2D eigenvalue weighted by atomic mass is 9.99. The summed E-state index contributed by atoms with van der Waals surface area (Å²) < 4.78 is 35.9. The van der Waals surface area contributed by atoms with Gasteiger partial charge in [0.1, 0.15) is 26.9 Å². The second kappa shape index (κ2) is 9.05. The summed E-state index contributed by atoms with van der Waals surface area (Å²) in [4.78, 5) is 24.1. The number of hydrogen-bond donors (Lipinski definition) is 3. The number of fused-ring (bicyclic) bond motifs is 3. The van der Waals surface area contributed by atoms with Gasteiger partial charge < -0.3 is 26.0 Å². The second-order valence-electron chi connectivity index (χ2n) is 8.89. The standard InChI is InChI=1S/C23H26F2N6O2S/c1-11(5-29-22(32)21-19(26)20-23(34-21)30-12(2)6-28-20)15-3-17(25)18(4-16(15)24)31-9-13-7-27-8-14(10-31)33-13/h3-4,6,11,13-14,27H,5,7-10,26H2,1-2H3,(H,29,32). The van der Waals surface area contributed by atoms with Crippen molar-refractivity contribution in [3.05, 3.63) is 46.1 Å². The third-order valence-corrected chi connectivity index (χ3v) is 7.34. The van der Waals surface area contributed by atoms with Crippen molar-refractivity contribution < 1.29 is 18.3 Å². The molecule has 1 aromatic carbocycles. The number of rotatable bonds is 5. The largest absolute Gasteiger partial charge is 0.396 e. The Hall–Kier alpha value is -2.89. The van der Waals surface area contributed by atoms with E-state index in [2.05, 4.69) is 20.6 Å². The molecular formula is C23H26F2N6O2S. The molecule has 2 saturated heterocycles. The predicted octanol–water partition coefficient (Wildman–Crippen LogP) is 2.57. The molecule has 4 N–H and O–H groups in total. The van der Waals surface area contributed by atoms with Crippen LogP contribution in [0.1, 0.15) is 33.8 Å². The summed E-state index contributed by atoms with van der Waals surface area (Å²) in [7, 11) is 0. The van der Waals surface area contributed by atoms with Crippen LogP contribution in [0.5, 0.6) is 0 Å². The van der Waals surface area contributed by atoms with E-state index in [0.717, 1.165) is 17.0 Å². The second-order valence-corrected chi connectivity index (χ2v) is 9.89. The van der Waals surface area contributed by atoms with Gasteiger partial charge in [-0.15, -0.1) is 11.3 Å². The number of thiophene rings is 1. The average Bonchev–Trinajstić information content (AvgIpc) is 3.13. The fourth-order valence-corrected chi connectivity index (χ4v) is 5.51. The Morgan fingerprint density at radius 2 is 2.06 bits per heavy atom. The van der Waals surface area contributed by atoms with Gasteiger partial charge in [0.25, 0.3) is 5.91 Å². The van der Waals surface area contributed by atoms with Crippen LogP contribution in [0.15, 0.2) is 18.3 Å². The van der Waals surface area contributed by atoms with Crippen LogP contribution in [0.3, 0.4) is 0 Å². The molecule has 3 atom stereocenters. The first-order chi connectivity index (χ1) is 16.3. The van der Waals surface area contributed by atoms with Crippen molar-refractivity contribution >= 4 is 39.0 Å². The summed E-state index contributed by atoms with van der Waals surface area (Å²) in [6, 6.07) is 2.48. The van der Waals surface area contributed by atoms with E-state index >= 15 is 8.78 Å². The van der Waals surface area contributed by atoms with Crippen LogP contribution in [0.2, 0.25) is 0 Å². The number of morpholine rings is 2. The Balaban J connectivity index is 1.28. The van der Waals surface area contributed by atoms with E-state index in [4.69, 9.17) is 10.5 Å². The van der Waals surface area contributed by atoms with Crippen LogP contribution in [0.25, 0.3) is 10.3 Å². The number of carbonyl (C=O) groups is 1. The van der Waals surface area contributed by atoms with E-state index in [0.29, 0.717) is 41.4 Å². The molecule has 2 aromatic heterocycles. The van der Waals surface area contributed by atoms with E-state index in [1.807, 2.05) is 11.8 Å². The van der Waals surface area contributed by atoms with Crippen molar-refractivity contribution in [3.8, 4) is 0 Å². The zero-order valence-corrected chi connectivity index (χ0v) is 19.7. The number of halogens is 2. The molecule has 5 rings (SSSR count). The molecular weight excluding hydrogens is 462 g/mol. The summed E-state index contributed by atoms with van der Waals surface area (Å²) in [5.74, 6) is -1.82. The van der Waals surface area contributed by atoms with E-state index in [1.165, 1.54) is 12.1 Å². The normalized spacial score (nSPS) is 21.0. The summed E-state index contributed by atoms with van der Waals surface area (Å²) >= 11 is 1.16. The number of nitrogen functional groups attached to an aromatic ring is 1. The van der Waals surface area contributed by atoms with Crippen LogP contribution >= 0.6 is 11.3 Å². The van der Waals surface area contributed by atoms with Gasteiger partial charge in [-0.1, -0.05) is 6.92 Å². The number of amides is 1. The molecule has 0 spiro atoms. The highest BCUT2D eigenvalue weighted by Crippen LogP contribution is 2.32. The van der Waals surface area contributed by atoms with Gasteiger partial charge in [-0.05, 0) is 18.6 Å². The number of aryl methyl sites for hydroxylation is 1. The van der Waals surface area contributed by atoms with Crippen LogP contribution in [-0.4, -0.2) is 60.8 Å². The van der Waals surface area contributed by atoms with Gasteiger partial charge in [0, 0.05) is 50.9 Å². The topological polar surface area (TPSA) is 105 Å². The molecule has 0 aliphatic carbocycles. The number of nitrogens with zero attached hydrogens (tertiary/aromatic N) is 3. The van der Waals surface area contributed by atoms with E-state index in [9.17, 15) is 4.79 Å². The lowest BCUT2D eigenvalue weighted by Gasteiger charge is -2.43. The Labute approximate surface area is 199 Å². The maximum atomic E-state index is 15.0. The smallest absolute Gasteiger partial charge is 0.263 e. The fourth-order valence-electron chi connectivity index (χ4n) is 4.50. The van der Waals surface area contributed by atoms with Gasteiger partial charge in [0.15, 0.2) is 0 Å². The molecule has 180 valence electrons. The number of carbonyl (C=O) groups excluding carboxylic acids is 1. The molecule has 0 saturated carbocycles. The molecule has 0 radical (unpaired) electrons. The zero-order chi connectivity index (χ0) is 24.0. The zero-order valence-electron chi connectivity index (χ0n) is 18.9. The molecule has 3 aromatic rings. The molecule has 2 aliphatic rings. The van der Waals surface area contributed by atoms with Gasteiger partial charge >= 0.3 is 0 Å². The van der Waals surface area contributed by atoms with Crippen LogP contribution < -0.4 is 21.3 Å². The molecule has 4 heterocycles. The van der Waals surface area contributed by atoms with E-state index < -0.39 is 23.5 Å². The van der Waals surface area contributed by atoms with Gasteiger partial charge in [-0.3, -0.25) is 4.79 Å². The number of hydrogen-bond acceptors (Lipinski definition) is 8. The maximum absolute atomic E-state index is 15.0. The first-order valence-electron chi connectivity index (χ1n) is 11.2. The minimum Gasteiger partial charge on any atom is -0.396 e. The Bertz CT molecular complexity index is 1240. The Morgan fingerprint density at radius 1 is 1.32 bits per heavy atom. The van der Waals surface area contributed by atoms with E-state index in [-0.39, 0.29) is 35.7 Å². The first kappa shape index (κ1) is 22.9. The summed E-state index contributed by atoms with van der Waals surface area (Å²) in [5, 5.41) is 6.07. The monoisotopic (exact) mass is 488 g/mol. The van der Waals surface area contributed by atoms with Gasteiger partial charge in [-0.2, -0.15) is 0 Å². The Morgan fingerprint density at radius 3 is 2.79 bits per heavy atom. The lowest BCUT2D eigenvalue weighted by molar-refractivity contribution is -0.0485. The third-order valence-electron chi connectivity index (χ3n) is 6.25. The van der Waals surface area contributed by atoms with Gasteiger partial charge in [0.2, 0.25) is 0 Å².